The van der Waals surface area contributed by atoms with Gasteiger partial charge in [-0.3, -0.25) is 9.59 Å². The molecule has 0 unspecified atom stereocenters. The maximum atomic E-state index is 12.6. The molecule has 2 N–H and O–H groups in total. The minimum Gasteiger partial charge on any atom is -0.483 e. The van der Waals surface area contributed by atoms with Crippen LogP contribution in [-0.4, -0.2) is 18.4 Å². The maximum absolute atomic E-state index is 12.6. The number of halogens is 1. The Kier molecular flexibility index (Phi) is 6.29. The lowest BCUT2D eigenvalue weighted by atomic mass is 10.2. The van der Waals surface area contributed by atoms with Crippen molar-refractivity contribution in [2.75, 3.05) is 17.2 Å². The van der Waals surface area contributed by atoms with Crippen LogP contribution < -0.4 is 15.4 Å². The number of hydrogen-bond acceptors (Lipinski definition) is 3. The average molecular weight is 395 g/mol. The van der Waals surface area contributed by atoms with E-state index in [0.717, 1.165) is 5.56 Å². The first-order valence-electron chi connectivity index (χ1n) is 8.66. The zero-order valence-corrected chi connectivity index (χ0v) is 16.0. The van der Waals surface area contributed by atoms with Gasteiger partial charge in [0.15, 0.2) is 6.61 Å². The van der Waals surface area contributed by atoms with Gasteiger partial charge in [0, 0.05) is 16.4 Å². The molecule has 3 aromatic rings. The third kappa shape index (κ3) is 5.34. The molecule has 0 aromatic heterocycles. The summed E-state index contributed by atoms with van der Waals surface area (Å²) in [5, 5.41) is 5.93. The summed E-state index contributed by atoms with van der Waals surface area (Å²) in [6.45, 7) is 1.73. The molecular formula is C22H19ClN2O3. The van der Waals surface area contributed by atoms with Crippen molar-refractivity contribution in [1.82, 2.24) is 0 Å². The molecule has 0 aliphatic carbocycles. The van der Waals surface area contributed by atoms with E-state index >= 15 is 0 Å². The molecule has 0 spiro atoms. The summed E-state index contributed by atoms with van der Waals surface area (Å²) < 4.78 is 5.58. The molecule has 0 aliphatic heterocycles. The quantitative estimate of drug-likeness (QED) is 0.623. The van der Waals surface area contributed by atoms with Gasteiger partial charge in [0.05, 0.1) is 5.56 Å². The molecule has 0 heterocycles. The Bertz CT molecular complexity index is 973. The van der Waals surface area contributed by atoms with Crippen LogP contribution in [0.5, 0.6) is 5.75 Å². The number of anilines is 2. The van der Waals surface area contributed by atoms with Crippen LogP contribution in [0.3, 0.4) is 0 Å². The molecule has 0 aliphatic rings. The summed E-state index contributed by atoms with van der Waals surface area (Å²) in [7, 11) is 0. The predicted octanol–water partition coefficient (Wildman–Crippen LogP) is 4.92. The van der Waals surface area contributed by atoms with Crippen LogP contribution in [0.15, 0.2) is 72.8 Å². The first kappa shape index (κ1) is 19.5. The van der Waals surface area contributed by atoms with Crippen LogP contribution in [0, 0.1) is 6.92 Å². The number of hydrogen-bond donors (Lipinski definition) is 2. The lowest BCUT2D eigenvalue weighted by Gasteiger charge is -2.12. The lowest BCUT2D eigenvalue weighted by molar-refractivity contribution is -0.118. The highest BCUT2D eigenvalue weighted by Gasteiger charge is 2.15. The monoisotopic (exact) mass is 394 g/mol. The van der Waals surface area contributed by atoms with Crippen molar-refractivity contribution >= 4 is 34.8 Å². The van der Waals surface area contributed by atoms with E-state index in [1.54, 1.807) is 24.3 Å². The molecule has 0 bridgehead atoms. The van der Waals surface area contributed by atoms with Crippen molar-refractivity contribution in [2.24, 2.45) is 0 Å². The topological polar surface area (TPSA) is 67.4 Å². The second-order valence-corrected chi connectivity index (χ2v) is 6.60. The highest BCUT2D eigenvalue weighted by atomic mass is 35.5. The van der Waals surface area contributed by atoms with Crippen LogP contribution in [0.2, 0.25) is 5.02 Å². The average Bonchev–Trinajstić information content (AvgIpc) is 2.69. The summed E-state index contributed by atoms with van der Waals surface area (Å²) >= 11 is 6.03. The third-order valence-corrected chi connectivity index (χ3v) is 4.15. The molecule has 0 saturated carbocycles. The van der Waals surface area contributed by atoms with Gasteiger partial charge in [0.2, 0.25) is 0 Å². The fourth-order valence-corrected chi connectivity index (χ4v) is 2.67. The molecule has 142 valence electrons. The van der Waals surface area contributed by atoms with Crippen LogP contribution >= 0.6 is 11.6 Å². The second kappa shape index (κ2) is 9.06. The molecule has 0 radical (unpaired) electrons. The van der Waals surface area contributed by atoms with E-state index in [9.17, 15) is 9.59 Å². The first-order valence-corrected chi connectivity index (χ1v) is 9.04. The number of rotatable bonds is 6. The number of para-hydroxylation sites is 1. The van der Waals surface area contributed by atoms with Gasteiger partial charge in [0.1, 0.15) is 5.75 Å². The van der Waals surface area contributed by atoms with E-state index < -0.39 is 0 Å². The van der Waals surface area contributed by atoms with E-state index in [0.29, 0.717) is 16.4 Å². The van der Waals surface area contributed by atoms with E-state index in [2.05, 4.69) is 10.6 Å². The van der Waals surface area contributed by atoms with Crippen molar-refractivity contribution in [1.29, 1.82) is 0 Å². The van der Waals surface area contributed by atoms with Crippen molar-refractivity contribution in [3.63, 3.8) is 0 Å². The molecule has 0 atom stereocenters. The van der Waals surface area contributed by atoms with Crippen molar-refractivity contribution in [2.45, 2.75) is 6.92 Å². The van der Waals surface area contributed by atoms with Crippen molar-refractivity contribution in [3.8, 4) is 5.75 Å². The second-order valence-electron chi connectivity index (χ2n) is 6.16. The number of amides is 2. The zero-order valence-electron chi connectivity index (χ0n) is 15.2. The first-order chi connectivity index (χ1) is 13.5. The van der Waals surface area contributed by atoms with Gasteiger partial charge in [-0.15, -0.1) is 0 Å². The van der Waals surface area contributed by atoms with Gasteiger partial charge in [-0.25, -0.2) is 0 Å². The van der Waals surface area contributed by atoms with Gasteiger partial charge in [-0.2, -0.15) is 0 Å². The molecule has 3 aromatic carbocycles. The van der Waals surface area contributed by atoms with E-state index in [-0.39, 0.29) is 29.7 Å². The van der Waals surface area contributed by atoms with E-state index in [4.69, 9.17) is 16.3 Å². The number of nitrogens with one attached hydrogen (secondary N) is 2. The Morgan fingerprint density at radius 3 is 2.29 bits per heavy atom. The van der Waals surface area contributed by atoms with Crippen LogP contribution in [-0.2, 0) is 4.79 Å². The number of carbonyl (C=O) groups excluding carboxylic acids is 2. The highest BCUT2D eigenvalue weighted by Crippen LogP contribution is 2.24. The number of benzene rings is 3. The molecule has 2 amide bonds. The van der Waals surface area contributed by atoms with Crippen LogP contribution in [0.1, 0.15) is 15.9 Å². The highest BCUT2D eigenvalue weighted by molar-refractivity contribution is 6.31. The Hall–Kier alpha value is -3.31. The van der Waals surface area contributed by atoms with Gasteiger partial charge in [-0.1, -0.05) is 47.5 Å². The minimum atomic E-state index is -0.373. The SMILES string of the molecule is Cc1ccc(NC(=O)COc2ccc(Cl)cc2C(=O)Nc2ccccc2)cc1. The molecule has 5 nitrogen and oxygen atoms in total. The molecule has 28 heavy (non-hydrogen) atoms. The molecule has 6 heteroatoms. The number of carbonyl (C=O) groups is 2. The molecule has 0 fully saturated rings. The van der Waals surface area contributed by atoms with Gasteiger partial charge in [0.25, 0.3) is 11.8 Å². The smallest absolute Gasteiger partial charge is 0.262 e. The van der Waals surface area contributed by atoms with Gasteiger partial charge >= 0.3 is 0 Å². The zero-order chi connectivity index (χ0) is 19.9. The summed E-state index contributed by atoms with van der Waals surface area (Å²) in [5.41, 5.74) is 2.68. The fraction of sp³-hybridized carbons (Fsp3) is 0.0909. The standard InChI is InChI=1S/C22H19ClN2O3/c1-15-7-10-18(11-8-15)24-21(26)14-28-20-12-9-16(23)13-19(20)22(27)25-17-5-3-2-4-6-17/h2-13H,14H2,1H3,(H,24,26)(H,25,27). The van der Waals surface area contributed by atoms with Crippen molar-refractivity contribution in [3.05, 3.63) is 88.9 Å². The largest absolute Gasteiger partial charge is 0.483 e. The van der Waals surface area contributed by atoms with Crippen molar-refractivity contribution < 1.29 is 14.3 Å². The normalized spacial score (nSPS) is 10.2. The van der Waals surface area contributed by atoms with Crippen LogP contribution in [0.25, 0.3) is 0 Å². The molecular weight excluding hydrogens is 376 g/mol. The van der Waals surface area contributed by atoms with Gasteiger partial charge < -0.3 is 15.4 Å². The Balaban J connectivity index is 1.67. The Morgan fingerprint density at radius 2 is 1.57 bits per heavy atom. The van der Waals surface area contributed by atoms with Crippen LogP contribution in [0.4, 0.5) is 11.4 Å². The molecule has 0 saturated heterocycles. The minimum absolute atomic E-state index is 0.235. The summed E-state index contributed by atoms with van der Waals surface area (Å²) in [5.74, 6) is -0.423. The Labute approximate surface area is 168 Å². The van der Waals surface area contributed by atoms with E-state index in [1.165, 1.54) is 6.07 Å². The summed E-state index contributed by atoms with van der Waals surface area (Å²) in [6.07, 6.45) is 0. The van der Waals surface area contributed by atoms with Gasteiger partial charge in [-0.05, 0) is 49.4 Å². The number of ether oxygens (including phenoxy) is 1. The predicted molar refractivity (Wildman–Crippen MR) is 111 cm³/mol. The molecule has 3 rings (SSSR count). The lowest BCUT2D eigenvalue weighted by Crippen LogP contribution is -2.21. The maximum Gasteiger partial charge on any atom is 0.262 e. The fourth-order valence-electron chi connectivity index (χ4n) is 2.50. The summed E-state index contributed by atoms with van der Waals surface area (Å²) in [4.78, 5) is 24.8. The third-order valence-electron chi connectivity index (χ3n) is 3.91. The number of aryl methyl sites for hydroxylation is 1. The Morgan fingerprint density at radius 1 is 0.893 bits per heavy atom. The summed E-state index contributed by atoms with van der Waals surface area (Å²) in [6, 6.07) is 21.2. The van der Waals surface area contributed by atoms with E-state index in [1.807, 2.05) is 49.4 Å².